The first-order valence-electron chi connectivity index (χ1n) is 5.62. The summed E-state index contributed by atoms with van der Waals surface area (Å²) in [4.78, 5) is 11.4. The number of amides is 1. The van der Waals surface area contributed by atoms with Crippen LogP contribution in [-0.4, -0.2) is 35.7 Å². The molecule has 0 rings (SSSR count). The maximum atomic E-state index is 11.4. The highest BCUT2D eigenvalue weighted by molar-refractivity contribution is 5.78. The minimum absolute atomic E-state index is 0.0162. The molecule has 0 aromatic carbocycles. The third-order valence-electron chi connectivity index (χ3n) is 2.82. The largest absolute Gasteiger partial charge is 0.394 e. The molecule has 4 heteroatoms. The topological polar surface area (TPSA) is 61.4 Å². The van der Waals surface area contributed by atoms with Gasteiger partial charge < -0.3 is 15.7 Å². The van der Waals surface area contributed by atoms with E-state index in [1.165, 1.54) is 0 Å². The highest BCUT2D eigenvalue weighted by Gasteiger charge is 2.20. The molecule has 0 aromatic heterocycles. The van der Waals surface area contributed by atoms with Crippen molar-refractivity contribution in [1.82, 2.24) is 10.6 Å². The summed E-state index contributed by atoms with van der Waals surface area (Å²) >= 11 is 0. The molecule has 2 atom stereocenters. The van der Waals surface area contributed by atoms with Crippen molar-refractivity contribution >= 4 is 5.91 Å². The van der Waals surface area contributed by atoms with Gasteiger partial charge in [0.2, 0.25) is 5.91 Å². The normalized spacial score (nSPS) is 16.9. The molecule has 1 amide bonds. The first-order chi connectivity index (χ1) is 6.97. The van der Waals surface area contributed by atoms with E-state index in [4.69, 9.17) is 5.11 Å². The fourth-order valence-electron chi connectivity index (χ4n) is 1.01. The Bertz CT molecular complexity index is 191. The van der Waals surface area contributed by atoms with Crippen LogP contribution in [0, 0.1) is 0 Å². The second-order valence-corrected chi connectivity index (χ2v) is 4.30. The predicted molar refractivity (Wildman–Crippen MR) is 61.7 cm³/mol. The van der Waals surface area contributed by atoms with Gasteiger partial charge in [0.25, 0.3) is 0 Å². The Morgan fingerprint density at radius 2 is 2.07 bits per heavy atom. The minimum Gasteiger partial charge on any atom is -0.394 e. The van der Waals surface area contributed by atoms with Crippen LogP contribution in [-0.2, 0) is 4.79 Å². The fourth-order valence-corrected chi connectivity index (χ4v) is 1.01. The van der Waals surface area contributed by atoms with Gasteiger partial charge in [0.1, 0.15) is 0 Å². The second kappa shape index (κ2) is 6.80. The predicted octanol–water partition coefficient (Wildman–Crippen LogP) is 0.652. The van der Waals surface area contributed by atoms with Crippen molar-refractivity contribution < 1.29 is 9.90 Å². The Kier molecular flexibility index (Phi) is 6.52. The number of hydrogen-bond acceptors (Lipinski definition) is 3. The molecule has 0 fully saturated rings. The summed E-state index contributed by atoms with van der Waals surface area (Å²) in [5.41, 5.74) is -0.354. The molecule has 0 spiro atoms. The molecule has 0 bridgehead atoms. The van der Waals surface area contributed by atoms with Gasteiger partial charge in [-0.2, -0.15) is 0 Å². The van der Waals surface area contributed by atoms with Crippen LogP contribution in [0.25, 0.3) is 0 Å². The highest BCUT2D eigenvalue weighted by atomic mass is 16.3. The molecule has 90 valence electrons. The first kappa shape index (κ1) is 14.4. The average molecular weight is 216 g/mol. The monoisotopic (exact) mass is 216 g/mol. The molecule has 4 nitrogen and oxygen atoms in total. The van der Waals surface area contributed by atoms with Crippen molar-refractivity contribution in [3.63, 3.8) is 0 Å². The summed E-state index contributed by atoms with van der Waals surface area (Å²) in [6.07, 6.45) is 1.72. The van der Waals surface area contributed by atoms with Crippen LogP contribution < -0.4 is 10.6 Å². The molecular weight excluding hydrogens is 192 g/mol. The van der Waals surface area contributed by atoms with Gasteiger partial charge in [0.05, 0.1) is 13.2 Å². The van der Waals surface area contributed by atoms with Crippen LogP contribution in [0.2, 0.25) is 0 Å². The Labute approximate surface area is 92.4 Å². The molecule has 0 aliphatic carbocycles. The van der Waals surface area contributed by atoms with E-state index in [-0.39, 0.29) is 30.6 Å². The highest BCUT2D eigenvalue weighted by Crippen LogP contribution is 2.06. The molecule has 0 aliphatic rings. The van der Waals surface area contributed by atoms with Crippen LogP contribution in [0.15, 0.2) is 0 Å². The number of carbonyl (C=O) groups is 1. The van der Waals surface area contributed by atoms with Crippen molar-refractivity contribution in [3.05, 3.63) is 0 Å². The quantitative estimate of drug-likeness (QED) is 0.585. The molecule has 0 heterocycles. The van der Waals surface area contributed by atoms with E-state index in [1.54, 1.807) is 0 Å². The van der Waals surface area contributed by atoms with Crippen LogP contribution in [0.4, 0.5) is 0 Å². The zero-order valence-corrected chi connectivity index (χ0v) is 10.3. The lowest BCUT2D eigenvalue weighted by atomic mass is 10.0. The summed E-state index contributed by atoms with van der Waals surface area (Å²) in [5, 5.41) is 15.1. The van der Waals surface area contributed by atoms with E-state index in [1.807, 2.05) is 27.7 Å². The summed E-state index contributed by atoms with van der Waals surface area (Å²) in [6.45, 7) is 8.19. The molecule has 2 unspecified atom stereocenters. The van der Waals surface area contributed by atoms with E-state index in [0.29, 0.717) is 0 Å². The van der Waals surface area contributed by atoms with Gasteiger partial charge in [-0.3, -0.25) is 4.79 Å². The van der Waals surface area contributed by atoms with Crippen molar-refractivity contribution in [1.29, 1.82) is 0 Å². The number of hydrogen-bond donors (Lipinski definition) is 3. The molecule has 0 radical (unpaired) electrons. The lowest BCUT2D eigenvalue weighted by molar-refractivity contribution is -0.121. The van der Waals surface area contributed by atoms with Crippen molar-refractivity contribution in [2.45, 2.75) is 52.1 Å². The Morgan fingerprint density at radius 1 is 1.47 bits per heavy atom. The number of nitrogens with one attached hydrogen (secondary N) is 2. The molecule has 0 aromatic rings. The summed E-state index contributed by atoms with van der Waals surface area (Å²) in [5.74, 6) is -0.0162. The first-order valence-corrected chi connectivity index (χ1v) is 5.62. The molecule has 0 aliphatic heterocycles. The lowest BCUT2D eigenvalue weighted by Gasteiger charge is -2.27. The zero-order chi connectivity index (χ0) is 11.9. The standard InChI is InChI=1S/C11H24N2O2/c1-5-9(3)13-10(15)7-12-11(4,6-2)8-14/h9,12,14H,5-8H2,1-4H3,(H,13,15). The van der Waals surface area contributed by atoms with Crippen molar-refractivity contribution in [2.24, 2.45) is 0 Å². The van der Waals surface area contributed by atoms with Crippen molar-refractivity contribution in [2.75, 3.05) is 13.2 Å². The molecule has 15 heavy (non-hydrogen) atoms. The van der Waals surface area contributed by atoms with E-state index in [9.17, 15) is 4.79 Å². The number of rotatable bonds is 7. The van der Waals surface area contributed by atoms with Gasteiger partial charge in [-0.15, -0.1) is 0 Å². The van der Waals surface area contributed by atoms with Crippen LogP contribution in [0.5, 0.6) is 0 Å². The SMILES string of the molecule is CCC(C)NC(=O)CNC(C)(CC)CO. The van der Waals surface area contributed by atoms with Gasteiger partial charge in [0, 0.05) is 11.6 Å². The number of carbonyl (C=O) groups excluding carboxylic acids is 1. The average Bonchev–Trinajstić information content (AvgIpc) is 2.25. The van der Waals surface area contributed by atoms with E-state index in [2.05, 4.69) is 10.6 Å². The van der Waals surface area contributed by atoms with Gasteiger partial charge in [-0.05, 0) is 26.7 Å². The summed E-state index contributed by atoms with van der Waals surface area (Å²) in [6, 6.07) is 0.210. The van der Waals surface area contributed by atoms with E-state index >= 15 is 0 Å². The van der Waals surface area contributed by atoms with Gasteiger partial charge in [-0.1, -0.05) is 13.8 Å². The third kappa shape index (κ3) is 5.74. The summed E-state index contributed by atoms with van der Waals surface area (Å²) in [7, 11) is 0. The Hall–Kier alpha value is -0.610. The number of aliphatic hydroxyl groups excluding tert-OH is 1. The minimum atomic E-state index is -0.354. The lowest BCUT2D eigenvalue weighted by Crippen LogP contribution is -2.50. The molecule has 0 saturated heterocycles. The third-order valence-corrected chi connectivity index (χ3v) is 2.82. The fraction of sp³-hybridized carbons (Fsp3) is 0.909. The molecule has 0 saturated carbocycles. The zero-order valence-electron chi connectivity index (χ0n) is 10.3. The van der Waals surface area contributed by atoms with Crippen molar-refractivity contribution in [3.8, 4) is 0 Å². The maximum absolute atomic E-state index is 11.4. The summed E-state index contributed by atoms with van der Waals surface area (Å²) < 4.78 is 0. The van der Waals surface area contributed by atoms with Gasteiger partial charge >= 0.3 is 0 Å². The van der Waals surface area contributed by atoms with Crippen LogP contribution in [0.3, 0.4) is 0 Å². The van der Waals surface area contributed by atoms with Crippen LogP contribution in [0.1, 0.15) is 40.5 Å². The Balaban J connectivity index is 3.89. The van der Waals surface area contributed by atoms with E-state index in [0.717, 1.165) is 12.8 Å². The number of aliphatic hydroxyl groups is 1. The van der Waals surface area contributed by atoms with Gasteiger partial charge in [0.15, 0.2) is 0 Å². The Morgan fingerprint density at radius 3 is 2.47 bits per heavy atom. The molecule has 3 N–H and O–H groups in total. The second-order valence-electron chi connectivity index (χ2n) is 4.30. The van der Waals surface area contributed by atoms with E-state index < -0.39 is 0 Å². The molecular formula is C11H24N2O2. The maximum Gasteiger partial charge on any atom is 0.234 e. The smallest absolute Gasteiger partial charge is 0.234 e. The van der Waals surface area contributed by atoms with Crippen LogP contribution >= 0.6 is 0 Å². The van der Waals surface area contributed by atoms with Gasteiger partial charge in [-0.25, -0.2) is 0 Å².